The number of amidine groups is 1. The van der Waals surface area contributed by atoms with Crippen LogP contribution in [0.25, 0.3) is 0 Å². The van der Waals surface area contributed by atoms with E-state index in [1.165, 1.54) is 0 Å². The van der Waals surface area contributed by atoms with Crippen molar-refractivity contribution in [1.82, 2.24) is 10.3 Å². The number of aliphatic hydroxyl groups excluding tert-OH is 2. The van der Waals surface area contributed by atoms with Gasteiger partial charge in [-0.2, -0.15) is 5.10 Å². The van der Waals surface area contributed by atoms with Gasteiger partial charge in [0, 0.05) is 12.6 Å². The van der Waals surface area contributed by atoms with Crippen molar-refractivity contribution in [2.75, 3.05) is 13.2 Å². The van der Waals surface area contributed by atoms with Crippen LogP contribution in [0.15, 0.2) is 34.4 Å². The van der Waals surface area contributed by atoms with E-state index < -0.39 is 6.23 Å². The van der Waals surface area contributed by atoms with Crippen molar-refractivity contribution in [3.05, 3.63) is 29.8 Å². The summed E-state index contributed by atoms with van der Waals surface area (Å²) in [6, 6.07) is 7.20. The Morgan fingerprint density at radius 1 is 1.30 bits per heavy atom. The van der Waals surface area contributed by atoms with Gasteiger partial charge in [-0.25, -0.2) is 10.0 Å². The van der Waals surface area contributed by atoms with Crippen LogP contribution in [0.1, 0.15) is 32.6 Å². The maximum Gasteiger partial charge on any atom is 0.169 e. The molecule has 1 aromatic carbocycles. The van der Waals surface area contributed by atoms with Gasteiger partial charge >= 0.3 is 0 Å². The second-order valence-electron chi connectivity index (χ2n) is 5.60. The first-order valence-electron chi connectivity index (χ1n) is 7.58. The SMILES string of the molecule is CC1=NN(C(C)C)C(=N)C1=Nc1ccc(C(O)NCCO)cc1. The highest BCUT2D eigenvalue weighted by Crippen LogP contribution is 2.19. The van der Waals surface area contributed by atoms with Crippen molar-refractivity contribution in [2.45, 2.75) is 33.0 Å². The summed E-state index contributed by atoms with van der Waals surface area (Å²) < 4.78 is 0. The van der Waals surface area contributed by atoms with Gasteiger partial charge in [0.1, 0.15) is 11.9 Å². The molecule has 0 fully saturated rings. The van der Waals surface area contributed by atoms with E-state index >= 15 is 0 Å². The van der Waals surface area contributed by atoms with Gasteiger partial charge in [0.05, 0.1) is 18.0 Å². The fraction of sp³-hybridized carbons (Fsp3) is 0.438. The molecule has 2 rings (SSSR count). The zero-order chi connectivity index (χ0) is 17.0. The van der Waals surface area contributed by atoms with Crippen LogP contribution < -0.4 is 5.32 Å². The van der Waals surface area contributed by atoms with Crippen molar-refractivity contribution in [3.8, 4) is 0 Å². The van der Waals surface area contributed by atoms with E-state index in [0.717, 1.165) is 5.71 Å². The van der Waals surface area contributed by atoms with E-state index in [-0.39, 0.29) is 12.6 Å². The molecule has 1 atom stereocenters. The van der Waals surface area contributed by atoms with Crippen LogP contribution in [-0.4, -0.2) is 51.7 Å². The Bertz CT molecular complexity index is 622. The molecular weight excluding hydrogens is 294 g/mol. The molecule has 7 nitrogen and oxygen atoms in total. The normalized spacial score (nSPS) is 18.0. The Morgan fingerprint density at radius 2 is 1.96 bits per heavy atom. The molecule has 1 aliphatic rings. The summed E-state index contributed by atoms with van der Waals surface area (Å²) in [6.07, 6.45) is -0.826. The van der Waals surface area contributed by atoms with Crippen molar-refractivity contribution in [2.24, 2.45) is 10.1 Å². The summed E-state index contributed by atoms with van der Waals surface area (Å²) in [4.78, 5) is 4.49. The Morgan fingerprint density at radius 3 is 2.48 bits per heavy atom. The molecule has 1 aliphatic heterocycles. The van der Waals surface area contributed by atoms with Gasteiger partial charge in [-0.3, -0.25) is 10.7 Å². The lowest BCUT2D eigenvalue weighted by molar-refractivity contribution is 0.129. The third-order valence-electron chi connectivity index (χ3n) is 3.44. The minimum Gasteiger partial charge on any atom is -0.395 e. The highest BCUT2D eigenvalue weighted by Gasteiger charge is 2.27. The zero-order valence-electron chi connectivity index (χ0n) is 13.6. The first kappa shape index (κ1) is 17.3. The minimum absolute atomic E-state index is 0.0319. The lowest BCUT2D eigenvalue weighted by Gasteiger charge is -2.17. The molecule has 0 amide bonds. The summed E-state index contributed by atoms with van der Waals surface area (Å²) in [5.41, 5.74) is 2.67. The van der Waals surface area contributed by atoms with Gasteiger partial charge in [0.25, 0.3) is 0 Å². The fourth-order valence-corrected chi connectivity index (χ4v) is 2.23. The van der Waals surface area contributed by atoms with Crippen LogP contribution in [-0.2, 0) is 0 Å². The molecule has 124 valence electrons. The van der Waals surface area contributed by atoms with Crippen LogP contribution >= 0.6 is 0 Å². The smallest absolute Gasteiger partial charge is 0.169 e. The summed E-state index contributed by atoms with van der Waals surface area (Å²) in [7, 11) is 0. The van der Waals surface area contributed by atoms with Crippen LogP contribution in [0.3, 0.4) is 0 Å². The highest BCUT2D eigenvalue weighted by molar-refractivity contribution is 6.69. The van der Waals surface area contributed by atoms with Crippen molar-refractivity contribution in [3.63, 3.8) is 0 Å². The van der Waals surface area contributed by atoms with E-state index in [4.69, 9.17) is 10.5 Å². The third-order valence-corrected chi connectivity index (χ3v) is 3.44. The third kappa shape index (κ3) is 4.01. The maximum atomic E-state index is 9.89. The van der Waals surface area contributed by atoms with E-state index in [0.29, 0.717) is 29.3 Å². The Labute approximate surface area is 135 Å². The predicted molar refractivity (Wildman–Crippen MR) is 91.4 cm³/mol. The number of hydrogen-bond donors (Lipinski definition) is 4. The standard InChI is InChI=1S/C16H23N5O2/c1-10(2)21-15(17)14(11(3)20-21)19-13-6-4-12(5-7-13)16(23)18-8-9-22/h4-7,10,16-18,22-23H,8-9H2,1-3H3. The molecule has 1 aromatic rings. The van der Waals surface area contributed by atoms with Gasteiger partial charge in [0.2, 0.25) is 0 Å². The van der Waals surface area contributed by atoms with Gasteiger partial charge in [-0.15, -0.1) is 0 Å². The van der Waals surface area contributed by atoms with E-state index in [1.54, 1.807) is 29.3 Å². The fourth-order valence-electron chi connectivity index (χ4n) is 2.23. The van der Waals surface area contributed by atoms with Crippen molar-refractivity contribution < 1.29 is 10.2 Å². The number of aliphatic hydroxyl groups is 2. The molecule has 0 saturated carbocycles. The van der Waals surface area contributed by atoms with Crippen molar-refractivity contribution in [1.29, 1.82) is 5.41 Å². The number of nitrogens with one attached hydrogen (secondary N) is 2. The van der Waals surface area contributed by atoms with Crippen LogP contribution in [0, 0.1) is 5.41 Å². The van der Waals surface area contributed by atoms with Gasteiger partial charge in [-0.1, -0.05) is 12.1 Å². The quantitative estimate of drug-likeness (QED) is 0.595. The number of hydrogen-bond acceptors (Lipinski definition) is 6. The largest absolute Gasteiger partial charge is 0.395 e. The summed E-state index contributed by atoms with van der Waals surface area (Å²) in [6.45, 7) is 6.08. The van der Waals surface area contributed by atoms with Crippen LogP contribution in [0.5, 0.6) is 0 Å². The second-order valence-corrected chi connectivity index (χ2v) is 5.60. The lowest BCUT2D eigenvalue weighted by atomic mass is 10.1. The molecule has 4 N–H and O–H groups in total. The molecule has 1 heterocycles. The Hall–Kier alpha value is -2.09. The Balaban J connectivity index is 2.15. The van der Waals surface area contributed by atoms with Gasteiger partial charge in [-0.05, 0) is 38.5 Å². The lowest BCUT2D eigenvalue weighted by Crippen LogP contribution is -2.31. The molecule has 1 unspecified atom stereocenters. The zero-order valence-corrected chi connectivity index (χ0v) is 13.6. The van der Waals surface area contributed by atoms with Crippen LogP contribution in [0.4, 0.5) is 5.69 Å². The average molecular weight is 317 g/mol. The average Bonchev–Trinajstić information content (AvgIpc) is 2.81. The minimum atomic E-state index is -0.826. The molecule has 23 heavy (non-hydrogen) atoms. The number of hydrazone groups is 1. The number of benzene rings is 1. The second kappa shape index (κ2) is 7.45. The molecule has 0 saturated heterocycles. The Kier molecular flexibility index (Phi) is 5.59. The molecule has 0 aromatic heterocycles. The topological polar surface area (TPSA) is 104 Å². The summed E-state index contributed by atoms with van der Waals surface area (Å²) >= 11 is 0. The first-order valence-corrected chi connectivity index (χ1v) is 7.58. The number of aliphatic imine (C=N–C) groups is 1. The van der Waals surface area contributed by atoms with E-state index in [2.05, 4.69) is 15.4 Å². The molecule has 0 radical (unpaired) electrons. The highest BCUT2D eigenvalue weighted by atomic mass is 16.3. The molecule has 0 aliphatic carbocycles. The van der Waals surface area contributed by atoms with Crippen LogP contribution in [0.2, 0.25) is 0 Å². The van der Waals surface area contributed by atoms with E-state index in [1.807, 2.05) is 20.8 Å². The predicted octanol–water partition coefficient (Wildman–Crippen LogP) is 1.41. The van der Waals surface area contributed by atoms with Crippen molar-refractivity contribution >= 4 is 22.9 Å². The van der Waals surface area contributed by atoms with Gasteiger partial charge < -0.3 is 10.2 Å². The molecule has 0 spiro atoms. The monoisotopic (exact) mass is 317 g/mol. The molecular formula is C16H23N5O2. The molecule has 0 bridgehead atoms. The van der Waals surface area contributed by atoms with Gasteiger partial charge in [0.15, 0.2) is 5.84 Å². The number of rotatable bonds is 6. The molecule has 7 heteroatoms. The maximum absolute atomic E-state index is 9.89. The first-order chi connectivity index (χ1) is 10.9. The summed E-state index contributed by atoms with van der Waals surface area (Å²) in [5.74, 6) is 0.297. The van der Waals surface area contributed by atoms with E-state index in [9.17, 15) is 5.11 Å². The number of nitrogens with zero attached hydrogens (tertiary/aromatic N) is 3. The summed E-state index contributed by atoms with van der Waals surface area (Å²) in [5, 5.41) is 35.6.